The van der Waals surface area contributed by atoms with Crippen LogP contribution in [-0.4, -0.2) is 16.0 Å². The predicted molar refractivity (Wildman–Crippen MR) is 52.4 cm³/mol. The minimum absolute atomic E-state index is 0.470. The molecule has 1 unspecified atom stereocenters. The molecule has 1 fully saturated rings. The lowest BCUT2D eigenvalue weighted by atomic mass is 10.3. The third-order valence-corrected chi connectivity index (χ3v) is 3.24. The van der Waals surface area contributed by atoms with Crippen molar-refractivity contribution in [3.63, 3.8) is 0 Å². The van der Waals surface area contributed by atoms with E-state index in [1.54, 1.807) is 0 Å². The first-order chi connectivity index (χ1) is 5.81. The number of hydrogen-bond donors (Lipinski definition) is 0. The highest BCUT2D eigenvalue weighted by Crippen LogP contribution is 2.39. The Bertz CT molecular complexity index is 265. The van der Waals surface area contributed by atoms with Gasteiger partial charge in [-0.3, -0.25) is 4.68 Å². The molecule has 2 rings (SSSR count). The molecule has 1 aromatic heterocycles. The summed E-state index contributed by atoms with van der Waals surface area (Å²) in [6.45, 7) is 2.17. The van der Waals surface area contributed by atoms with Gasteiger partial charge < -0.3 is 0 Å². The Hall–Kier alpha value is -0.440. The van der Waals surface area contributed by atoms with Gasteiger partial charge >= 0.3 is 0 Å². The summed E-state index contributed by atoms with van der Waals surface area (Å²) in [5, 5.41) is 5.01. The van der Waals surface area contributed by atoms with E-state index in [0.717, 1.165) is 5.92 Å². The number of rotatable bonds is 3. The van der Waals surface area contributed by atoms with E-state index < -0.39 is 0 Å². The zero-order chi connectivity index (χ0) is 8.55. The fraction of sp³-hybridized carbons (Fsp3) is 0.667. The monoisotopic (exact) mass is 182 g/mol. The lowest BCUT2D eigenvalue weighted by Crippen LogP contribution is -2.01. The Morgan fingerprint density at radius 3 is 3.00 bits per heavy atom. The van der Waals surface area contributed by atoms with E-state index in [-0.39, 0.29) is 0 Å². The lowest BCUT2D eigenvalue weighted by Gasteiger charge is -2.07. The topological polar surface area (TPSA) is 17.8 Å². The molecule has 2 nitrogen and oxygen atoms in total. The van der Waals surface area contributed by atoms with Gasteiger partial charge in [-0.1, -0.05) is 0 Å². The highest BCUT2D eigenvalue weighted by molar-refractivity contribution is 7.98. The van der Waals surface area contributed by atoms with Crippen molar-refractivity contribution in [3.05, 3.63) is 18.0 Å². The summed E-state index contributed by atoms with van der Waals surface area (Å²) in [6.07, 6.45) is 6.88. The second kappa shape index (κ2) is 3.13. The van der Waals surface area contributed by atoms with Gasteiger partial charge in [-0.2, -0.15) is 5.10 Å². The molecule has 0 radical (unpaired) electrons. The molecule has 0 bridgehead atoms. The molecule has 1 atom stereocenters. The van der Waals surface area contributed by atoms with Gasteiger partial charge in [-0.05, 0) is 32.1 Å². The highest BCUT2D eigenvalue weighted by atomic mass is 32.2. The van der Waals surface area contributed by atoms with E-state index in [1.165, 1.54) is 18.5 Å². The summed E-state index contributed by atoms with van der Waals surface area (Å²) >= 11 is 1.82. The smallest absolute Gasteiger partial charge is 0.0939 e. The Kier molecular flexibility index (Phi) is 2.13. The summed E-state index contributed by atoms with van der Waals surface area (Å²) < 4.78 is 2.05. The van der Waals surface area contributed by atoms with Crippen LogP contribution in [0.5, 0.6) is 0 Å². The molecule has 0 N–H and O–H groups in total. The second-order valence-electron chi connectivity index (χ2n) is 3.33. The second-order valence-corrected chi connectivity index (χ2v) is 4.48. The molecule has 1 aliphatic rings. The van der Waals surface area contributed by atoms with Gasteiger partial charge in [-0.15, -0.1) is 11.8 Å². The van der Waals surface area contributed by atoms with Crippen LogP contribution in [0.1, 0.15) is 36.8 Å². The molecule has 1 heterocycles. The van der Waals surface area contributed by atoms with Crippen LogP contribution in [0.4, 0.5) is 0 Å². The normalized spacial score (nSPS) is 19.5. The van der Waals surface area contributed by atoms with Crippen LogP contribution >= 0.6 is 11.8 Å². The van der Waals surface area contributed by atoms with Crippen molar-refractivity contribution in [3.8, 4) is 0 Å². The van der Waals surface area contributed by atoms with Gasteiger partial charge in [0.05, 0.1) is 11.1 Å². The van der Waals surface area contributed by atoms with Crippen LogP contribution in [0, 0.1) is 0 Å². The van der Waals surface area contributed by atoms with Crippen LogP contribution in [0.3, 0.4) is 0 Å². The molecule has 1 aromatic rings. The van der Waals surface area contributed by atoms with Crippen LogP contribution in [0.2, 0.25) is 0 Å². The standard InChI is InChI=1S/C9H14N2S/c1-7(12-2)11-6-5-9(10-11)8-3-4-8/h5-8H,3-4H2,1-2H3. The molecule has 66 valence electrons. The summed E-state index contributed by atoms with van der Waals surface area (Å²) in [5.41, 5.74) is 1.29. The minimum Gasteiger partial charge on any atom is -0.260 e. The molecule has 0 amide bonds. The number of nitrogens with zero attached hydrogens (tertiary/aromatic N) is 2. The van der Waals surface area contributed by atoms with Crippen molar-refractivity contribution < 1.29 is 0 Å². The molecule has 0 aliphatic heterocycles. The third-order valence-electron chi connectivity index (χ3n) is 2.34. The largest absolute Gasteiger partial charge is 0.260 e. The highest BCUT2D eigenvalue weighted by Gasteiger charge is 2.26. The van der Waals surface area contributed by atoms with E-state index in [1.807, 2.05) is 11.8 Å². The van der Waals surface area contributed by atoms with Crippen LogP contribution in [0.15, 0.2) is 12.3 Å². The van der Waals surface area contributed by atoms with Crippen LogP contribution < -0.4 is 0 Å². The summed E-state index contributed by atoms with van der Waals surface area (Å²) in [4.78, 5) is 0. The maximum Gasteiger partial charge on any atom is 0.0939 e. The average Bonchev–Trinajstić information content (AvgIpc) is 2.83. The van der Waals surface area contributed by atoms with Gasteiger partial charge in [0.1, 0.15) is 0 Å². The number of thioether (sulfide) groups is 1. The predicted octanol–water partition coefficient (Wildman–Crippen LogP) is 2.64. The summed E-state index contributed by atoms with van der Waals surface area (Å²) in [7, 11) is 0. The lowest BCUT2D eigenvalue weighted by molar-refractivity contribution is 0.632. The van der Waals surface area contributed by atoms with E-state index in [4.69, 9.17) is 0 Å². The molecular weight excluding hydrogens is 168 g/mol. The maximum atomic E-state index is 4.54. The number of aromatic nitrogens is 2. The molecule has 0 saturated heterocycles. The van der Waals surface area contributed by atoms with Crippen molar-refractivity contribution in [2.45, 2.75) is 31.1 Å². The molecule has 1 aliphatic carbocycles. The zero-order valence-electron chi connectivity index (χ0n) is 7.53. The SMILES string of the molecule is CSC(C)n1ccc(C2CC2)n1. The van der Waals surface area contributed by atoms with Crippen molar-refractivity contribution >= 4 is 11.8 Å². The van der Waals surface area contributed by atoms with Crippen molar-refractivity contribution in [2.75, 3.05) is 6.26 Å². The van der Waals surface area contributed by atoms with Crippen molar-refractivity contribution in [2.24, 2.45) is 0 Å². The van der Waals surface area contributed by atoms with Gasteiger partial charge in [0.15, 0.2) is 0 Å². The fourth-order valence-electron chi connectivity index (χ4n) is 1.26. The first kappa shape index (κ1) is 8.17. The minimum atomic E-state index is 0.470. The van der Waals surface area contributed by atoms with Crippen molar-refractivity contribution in [1.29, 1.82) is 0 Å². The summed E-state index contributed by atoms with van der Waals surface area (Å²) in [6, 6.07) is 2.16. The Labute approximate surface area is 77.3 Å². The molecule has 12 heavy (non-hydrogen) atoms. The van der Waals surface area contributed by atoms with Crippen molar-refractivity contribution in [1.82, 2.24) is 9.78 Å². The summed E-state index contributed by atoms with van der Waals surface area (Å²) in [5.74, 6) is 0.778. The Balaban J connectivity index is 2.12. The first-order valence-electron chi connectivity index (χ1n) is 4.39. The molecule has 1 saturated carbocycles. The zero-order valence-corrected chi connectivity index (χ0v) is 8.34. The molecular formula is C9H14N2S. The number of hydrogen-bond acceptors (Lipinski definition) is 2. The van der Waals surface area contributed by atoms with Gasteiger partial charge in [-0.25, -0.2) is 0 Å². The maximum absolute atomic E-state index is 4.54. The van der Waals surface area contributed by atoms with Gasteiger partial charge in [0.25, 0.3) is 0 Å². The van der Waals surface area contributed by atoms with Gasteiger partial charge in [0.2, 0.25) is 0 Å². The van der Waals surface area contributed by atoms with E-state index >= 15 is 0 Å². The first-order valence-corrected chi connectivity index (χ1v) is 5.68. The van der Waals surface area contributed by atoms with Crippen LogP contribution in [-0.2, 0) is 0 Å². The molecule has 0 spiro atoms. The fourth-order valence-corrected chi connectivity index (χ4v) is 1.59. The Morgan fingerprint density at radius 1 is 1.67 bits per heavy atom. The van der Waals surface area contributed by atoms with Crippen LogP contribution in [0.25, 0.3) is 0 Å². The van der Waals surface area contributed by atoms with E-state index in [2.05, 4.69) is 35.2 Å². The Morgan fingerprint density at radius 2 is 2.42 bits per heavy atom. The molecule has 3 heteroatoms. The molecule has 0 aromatic carbocycles. The third kappa shape index (κ3) is 1.51. The average molecular weight is 182 g/mol. The quantitative estimate of drug-likeness (QED) is 0.715. The van der Waals surface area contributed by atoms with Gasteiger partial charge in [0, 0.05) is 12.1 Å². The van der Waals surface area contributed by atoms with E-state index in [0.29, 0.717) is 5.37 Å². The van der Waals surface area contributed by atoms with E-state index in [9.17, 15) is 0 Å².